The molecule has 0 spiro atoms. The zero-order valence-corrected chi connectivity index (χ0v) is 19.8. The predicted molar refractivity (Wildman–Crippen MR) is 125 cm³/mol. The zero-order chi connectivity index (χ0) is 26.7. The second-order valence-electron chi connectivity index (χ2n) is 9.01. The Labute approximate surface area is 209 Å². The fourth-order valence-corrected chi connectivity index (χ4v) is 4.46. The molecule has 1 aliphatic carbocycles. The van der Waals surface area contributed by atoms with Crippen LogP contribution in [0.3, 0.4) is 0 Å². The van der Waals surface area contributed by atoms with Gasteiger partial charge in [0, 0.05) is 11.4 Å². The van der Waals surface area contributed by atoms with Gasteiger partial charge in [0.1, 0.15) is 5.82 Å². The van der Waals surface area contributed by atoms with Gasteiger partial charge in [0.25, 0.3) is 5.91 Å². The summed E-state index contributed by atoms with van der Waals surface area (Å²) in [5.41, 5.74) is 1.90. The average molecular weight is 521 g/mol. The number of nitrogens with zero attached hydrogens (tertiary/aromatic N) is 2. The lowest BCUT2D eigenvalue weighted by Gasteiger charge is -2.35. The van der Waals surface area contributed by atoms with Crippen LogP contribution >= 0.6 is 0 Å². The number of carbonyl (C=O) groups excluding carboxylic acids is 2. The molecule has 0 radical (unpaired) electrons. The van der Waals surface area contributed by atoms with Crippen LogP contribution in [-0.4, -0.2) is 40.2 Å². The third-order valence-electron chi connectivity index (χ3n) is 6.30. The van der Waals surface area contributed by atoms with E-state index >= 15 is 0 Å². The number of hydroxylamine groups is 2. The summed E-state index contributed by atoms with van der Waals surface area (Å²) < 4.78 is 65.4. The number of para-hydroxylation sites is 1. The Hall–Kier alpha value is -3.76. The predicted octanol–water partition coefficient (Wildman–Crippen LogP) is 5.64. The maximum atomic E-state index is 13.5. The van der Waals surface area contributed by atoms with Crippen molar-refractivity contribution in [3.05, 3.63) is 71.3 Å². The molecular weight excluding hydrogens is 497 g/mol. The molecule has 0 saturated heterocycles. The topological polar surface area (TPSA) is 71.5 Å². The molecule has 3 aromatic rings. The number of halogens is 5. The first kappa shape index (κ1) is 26.3. The van der Waals surface area contributed by atoms with Crippen molar-refractivity contribution in [2.45, 2.75) is 57.3 Å². The fraction of sp³-hybridized carbons (Fsp3) is 0.346. The highest BCUT2D eigenvalue weighted by Crippen LogP contribution is 2.29. The van der Waals surface area contributed by atoms with Crippen LogP contribution in [0.25, 0.3) is 10.9 Å². The van der Waals surface area contributed by atoms with Gasteiger partial charge in [0.2, 0.25) is 0 Å². The number of amides is 1. The standard InChI is InChI=1S/C26H24F5N3O3/c1-15-12-23(33-22-5-3-2-4-19(15)22)32-17-7-9-18(10-8-17)34(37-25(36)26(29,30)31)24(35)14-16-6-11-20(27)21(28)13-16/h2-6,11-13,17-18H,7-10,14H2,1H3,(H,32,33). The minimum absolute atomic E-state index is 0.0325. The maximum absolute atomic E-state index is 13.5. The van der Waals surface area contributed by atoms with E-state index in [1.807, 2.05) is 37.3 Å². The van der Waals surface area contributed by atoms with Crippen molar-refractivity contribution in [1.82, 2.24) is 10.0 Å². The number of aromatic nitrogens is 1. The number of alkyl halides is 3. The van der Waals surface area contributed by atoms with E-state index in [4.69, 9.17) is 0 Å². The molecule has 1 amide bonds. The van der Waals surface area contributed by atoms with Crippen LogP contribution < -0.4 is 5.32 Å². The van der Waals surface area contributed by atoms with E-state index in [0.717, 1.165) is 34.7 Å². The summed E-state index contributed by atoms with van der Waals surface area (Å²) in [5, 5.41) is 4.80. The van der Waals surface area contributed by atoms with Crippen molar-refractivity contribution >= 4 is 28.6 Å². The summed E-state index contributed by atoms with van der Waals surface area (Å²) in [6.07, 6.45) is -4.44. The first-order chi connectivity index (χ1) is 17.5. The van der Waals surface area contributed by atoms with Gasteiger partial charge in [-0.15, -0.1) is 0 Å². The number of benzene rings is 2. The molecule has 1 aromatic heterocycles. The monoisotopic (exact) mass is 521 g/mol. The molecule has 37 heavy (non-hydrogen) atoms. The minimum Gasteiger partial charge on any atom is -0.367 e. The maximum Gasteiger partial charge on any atom is 0.493 e. The Morgan fingerprint density at radius 3 is 2.41 bits per heavy atom. The van der Waals surface area contributed by atoms with Crippen molar-refractivity contribution in [3.8, 4) is 0 Å². The highest BCUT2D eigenvalue weighted by Gasteiger charge is 2.45. The molecular formula is C26H24F5N3O3. The lowest BCUT2D eigenvalue weighted by Crippen LogP contribution is -2.47. The summed E-state index contributed by atoms with van der Waals surface area (Å²) in [7, 11) is 0. The second kappa shape index (κ2) is 10.7. The fourth-order valence-electron chi connectivity index (χ4n) is 4.46. The van der Waals surface area contributed by atoms with E-state index in [1.54, 1.807) is 0 Å². The second-order valence-corrected chi connectivity index (χ2v) is 9.01. The summed E-state index contributed by atoms with van der Waals surface area (Å²) in [6, 6.07) is 11.4. The first-order valence-electron chi connectivity index (χ1n) is 11.7. The molecule has 4 rings (SSSR count). The molecule has 1 aliphatic rings. The summed E-state index contributed by atoms with van der Waals surface area (Å²) in [6.45, 7) is 1.97. The Bertz CT molecular complexity index is 1310. The van der Waals surface area contributed by atoms with Crippen molar-refractivity contribution in [2.24, 2.45) is 0 Å². The number of rotatable bonds is 5. The molecule has 0 bridgehead atoms. The van der Waals surface area contributed by atoms with Crippen molar-refractivity contribution in [1.29, 1.82) is 0 Å². The third-order valence-corrected chi connectivity index (χ3v) is 6.30. The van der Waals surface area contributed by atoms with Crippen molar-refractivity contribution in [3.63, 3.8) is 0 Å². The largest absolute Gasteiger partial charge is 0.493 e. The number of fused-ring (bicyclic) bond motifs is 1. The molecule has 0 atom stereocenters. The van der Waals surface area contributed by atoms with E-state index in [2.05, 4.69) is 15.1 Å². The summed E-state index contributed by atoms with van der Waals surface area (Å²) in [5.74, 6) is -5.16. The molecule has 196 valence electrons. The number of hydrogen-bond acceptors (Lipinski definition) is 5. The van der Waals surface area contributed by atoms with Gasteiger partial charge in [-0.2, -0.15) is 18.2 Å². The smallest absolute Gasteiger partial charge is 0.367 e. The van der Waals surface area contributed by atoms with E-state index in [9.17, 15) is 31.5 Å². The van der Waals surface area contributed by atoms with Crippen molar-refractivity contribution < 1.29 is 36.4 Å². The van der Waals surface area contributed by atoms with Gasteiger partial charge in [0.05, 0.1) is 18.0 Å². The minimum atomic E-state index is -5.31. The highest BCUT2D eigenvalue weighted by atomic mass is 19.4. The number of carbonyl (C=O) groups is 2. The Kier molecular flexibility index (Phi) is 7.60. The van der Waals surface area contributed by atoms with Gasteiger partial charge >= 0.3 is 12.1 Å². The van der Waals surface area contributed by atoms with Crippen LogP contribution in [0.5, 0.6) is 0 Å². The van der Waals surface area contributed by atoms with E-state index < -0.39 is 42.1 Å². The molecule has 0 unspecified atom stereocenters. The lowest BCUT2D eigenvalue weighted by molar-refractivity contribution is -0.245. The van der Waals surface area contributed by atoms with E-state index in [0.29, 0.717) is 23.7 Å². The molecule has 2 aromatic carbocycles. The zero-order valence-electron chi connectivity index (χ0n) is 19.8. The van der Waals surface area contributed by atoms with Gasteiger partial charge in [-0.25, -0.2) is 18.6 Å². The number of nitrogens with one attached hydrogen (secondary N) is 1. The van der Waals surface area contributed by atoms with Gasteiger partial charge < -0.3 is 10.2 Å². The Morgan fingerprint density at radius 1 is 1.03 bits per heavy atom. The number of anilines is 1. The summed E-state index contributed by atoms with van der Waals surface area (Å²) in [4.78, 5) is 33.5. The third kappa shape index (κ3) is 6.33. The van der Waals surface area contributed by atoms with Gasteiger partial charge in [-0.3, -0.25) is 4.79 Å². The Morgan fingerprint density at radius 2 is 1.73 bits per heavy atom. The van der Waals surface area contributed by atoms with E-state index in [-0.39, 0.29) is 24.4 Å². The van der Waals surface area contributed by atoms with Gasteiger partial charge in [0.15, 0.2) is 11.6 Å². The van der Waals surface area contributed by atoms with Crippen LogP contribution in [0.4, 0.5) is 27.8 Å². The van der Waals surface area contributed by atoms with Gasteiger partial charge in [-0.1, -0.05) is 24.3 Å². The number of aryl methyl sites for hydroxylation is 1. The molecule has 6 nitrogen and oxygen atoms in total. The Balaban J connectivity index is 1.45. The quantitative estimate of drug-likeness (QED) is 0.348. The molecule has 0 aliphatic heterocycles. The van der Waals surface area contributed by atoms with Crippen LogP contribution in [-0.2, 0) is 20.8 Å². The molecule has 1 fully saturated rings. The molecule has 11 heteroatoms. The SMILES string of the molecule is Cc1cc(NC2CCC(N(OC(=O)C(F)(F)F)C(=O)Cc3ccc(F)c(F)c3)CC2)nc2ccccc12. The van der Waals surface area contributed by atoms with Gasteiger partial charge in [-0.05, 0) is 68.0 Å². The summed E-state index contributed by atoms with van der Waals surface area (Å²) >= 11 is 0. The van der Waals surface area contributed by atoms with Crippen LogP contribution in [0.2, 0.25) is 0 Å². The van der Waals surface area contributed by atoms with Crippen LogP contribution in [0.1, 0.15) is 36.8 Å². The first-order valence-corrected chi connectivity index (χ1v) is 11.7. The van der Waals surface area contributed by atoms with Crippen molar-refractivity contribution in [2.75, 3.05) is 5.32 Å². The van der Waals surface area contributed by atoms with Crippen LogP contribution in [0.15, 0.2) is 48.5 Å². The average Bonchev–Trinajstić information content (AvgIpc) is 2.84. The molecule has 1 saturated carbocycles. The molecule has 1 heterocycles. The van der Waals surface area contributed by atoms with Crippen LogP contribution in [0, 0.1) is 18.6 Å². The van der Waals surface area contributed by atoms with E-state index in [1.165, 1.54) is 0 Å². The number of pyridine rings is 1. The highest BCUT2D eigenvalue weighted by molar-refractivity contribution is 5.84. The lowest BCUT2D eigenvalue weighted by atomic mass is 9.90. The normalized spacial score (nSPS) is 17.9. The number of hydrogen-bond donors (Lipinski definition) is 1. The molecule has 1 N–H and O–H groups in total.